The second-order valence-electron chi connectivity index (χ2n) is 9.08. The molecule has 4 nitrogen and oxygen atoms in total. The zero-order chi connectivity index (χ0) is 19.5. The Morgan fingerprint density at radius 2 is 1.71 bits per heavy atom. The maximum Gasteiger partial charge on any atom is 0.223 e. The van der Waals surface area contributed by atoms with Crippen molar-refractivity contribution in [2.24, 2.45) is 34.8 Å². The van der Waals surface area contributed by atoms with Crippen LogP contribution in [-0.4, -0.2) is 11.7 Å². The van der Waals surface area contributed by atoms with E-state index in [-0.39, 0.29) is 17.1 Å². The molecule has 1 aromatic carbocycles. The summed E-state index contributed by atoms with van der Waals surface area (Å²) < 4.78 is 5.86. The fourth-order valence-corrected chi connectivity index (χ4v) is 6.46. The van der Waals surface area contributed by atoms with E-state index in [0.717, 1.165) is 37.7 Å². The normalized spacial score (nSPS) is 33.2. The topological polar surface area (TPSA) is 73.3 Å². The third-order valence-electron chi connectivity index (χ3n) is 7.42. The van der Waals surface area contributed by atoms with Crippen molar-refractivity contribution in [1.29, 1.82) is 0 Å². The van der Waals surface area contributed by atoms with Gasteiger partial charge in [0, 0.05) is 22.4 Å². The molecule has 4 aliphatic carbocycles. The Hall–Kier alpha value is -2.07. The largest absolute Gasteiger partial charge is 0.453 e. The Balaban J connectivity index is 1.32. The van der Waals surface area contributed by atoms with Crippen LogP contribution in [0.4, 0.5) is 0 Å². The number of ketones is 1. The van der Waals surface area contributed by atoms with Crippen LogP contribution in [-0.2, 0) is 4.79 Å². The van der Waals surface area contributed by atoms with Gasteiger partial charge < -0.3 is 10.2 Å². The van der Waals surface area contributed by atoms with Crippen LogP contribution in [0.1, 0.15) is 49.1 Å². The standard InChI is InChI=1S/C23H24ClNO3/c24-17-3-1-14(2-4-17)20-5-6-21(28-20)19(26)9-18-15-7-13-8-16(18)12-23(10-13,11-15)22(25)27/h1-6,13,15-16,18H,7-12H2,(H2,25,27). The molecule has 0 aliphatic heterocycles. The number of primary amides is 1. The smallest absolute Gasteiger partial charge is 0.223 e. The highest BCUT2D eigenvalue weighted by Gasteiger charge is 2.57. The van der Waals surface area contributed by atoms with Crippen molar-refractivity contribution in [2.75, 3.05) is 0 Å². The van der Waals surface area contributed by atoms with Crippen molar-refractivity contribution in [2.45, 2.75) is 38.5 Å². The lowest BCUT2D eigenvalue weighted by atomic mass is 9.45. The molecule has 0 radical (unpaired) electrons. The number of furan rings is 1. The Kier molecular flexibility index (Phi) is 4.16. The molecule has 2 N–H and O–H groups in total. The van der Waals surface area contributed by atoms with E-state index in [1.165, 1.54) is 0 Å². The fourth-order valence-electron chi connectivity index (χ4n) is 6.34. The average Bonchev–Trinajstić information content (AvgIpc) is 3.15. The van der Waals surface area contributed by atoms with E-state index in [2.05, 4.69) is 0 Å². The van der Waals surface area contributed by atoms with Crippen LogP contribution >= 0.6 is 11.6 Å². The van der Waals surface area contributed by atoms with Crippen LogP contribution in [0.3, 0.4) is 0 Å². The van der Waals surface area contributed by atoms with Gasteiger partial charge in [-0.25, -0.2) is 0 Å². The quantitative estimate of drug-likeness (QED) is 0.713. The van der Waals surface area contributed by atoms with Crippen molar-refractivity contribution in [3.63, 3.8) is 0 Å². The second kappa shape index (κ2) is 6.48. The van der Waals surface area contributed by atoms with Crippen LogP contribution in [0.15, 0.2) is 40.8 Å². The van der Waals surface area contributed by atoms with E-state index < -0.39 is 0 Å². The third-order valence-corrected chi connectivity index (χ3v) is 7.67. The third kappa shape index (κ3) is 2.89. The van der Waals surface area contributed by atoms with Gasteiger partial charge in [-0.05, 0) is 92.2 Å². The molecule has 2 atom stereocenters. The first-order valence-electron chi connectivity index (χ1n) is 10.1. The van der Waals surface area contributed by atoms with Gasteiger partial charge >= 0.3 is 0 Å². The minimum Gasteiger partial charge on any atom is -0.453 e. The van der Waals surface area contributed by atoms with Crippen LogP contribution in [0.2, 0.25) is 5.02 Å². The number of nitrogens with two attached hydrogens (primary N) is 1. The van der Waals surface area contributed by atoms with Crippen molar-refractivity contribution < 1.29 is 14.0 Å². The zero-order valence-corrected chi connectivity index (χ0v) is 16.5. The molecule has 0 spiro atoms. The van der Waals surface area contributed by atoms with Crippen LogP contribution in [0, 0.1) is 29.1 Å². The highest BCUT2D eigenvalue weighted by atomic mass is 35.5. The van der Waals surface area contributed by atoms with E-state index in [9.17, 15) is 9.59 Å². The van der Waals surface area contributed by atoms with Crippen LogP contribution < -0.4 is 5.73 Å². The number of hydrogen-bond donors (Lipinski definition) is 1. The summed E-state index contributed by atoms with van der Waals surface area (Å²) in [7, 11) is 0. The minimum absolute atomic E-state index is 0.0609. The SMILES string of the molecule is NC(=O)C12CC3CC(C1)C(CC(=O)c1ccc(-c4ccc(Cl)cc4)o1)C(C3)C2. The Bertz CT molecular complexity index is 916. The number of hydrogen-bond acceptors (Lipinski definition) is 3. The first-order chi connectivity index (χ1) is 13.4. The van der Waals surface area contributed by atoms with Gasteiger partial charge in [0.05, 0.1) is 0 Å². The predicted molar refractivity (Wildman–Crippen MR) is 107 cm³/mol. The van der Waals surface area contributed by atoms with Gasteiger partial charge in [-0.15, -0.1) is 0 Å². The van der Waals surface area contributed by atoms with E-state index in [4.69, 9.17) is 21.8 Å². The molecule has 2 aromatic rings. The summed E-state index contributed by atoms with van der Waals surface area (Å²) >= 11 is 5.94. The number of benzene rings is 1. The maximum atomic E-state index is 12.9. The van der Waals surface area contributed by atoms with Crippen molar-refractivity contribution >= 4 is 23.3 Å². The van der Waals surface area contributed by atoms with Gasteiger partial charge in [0.15, 0.2) is 11.5 Å². The van der Waals surface area contributed by atoms with E-state index in [1.807, 2.05) is 30.3 Å². The summed E-state index contributed by atoms with van der Waals surface area (Å²) in [5.41, 5.74) is 6.37. The summed E-state index contributed by atoms with van der Waals surface area (Å²) in [6.07, 6.45) is 5.46. The van der Waals surface area contributed by atoms with E-state index >= 15 is 0 Å². The molecule has 2 unspecified atom stereocenters. The molecule has 6 rings (SSSR count). The number of carbonyl (C=O) groups excluding carboxylic acids is 2. The zero-order valence-electron chi connectivity index (χ0n) is 15.7. The monoisotopic (exact) mass is 397 g/mol. The fraction of sp³-hybridized carbons (Fsp3) is 0.478. The lowest BCUT2D eigenvalue weighted by Gasteiger charge is -2.58. The molecule has 146 valence electrons. The number of halogens is 1. The maximum absolute atomic E-state index is 12.9. The molecule has 1 amide bonds. The number of Topliss-reactive ketones (excluding diaryl/α,β-unsaturated/α-hetero) is 1. The average molecular weight is 398 g/mol. The van der Waals surface area contributed by atoms with Gasteiger partial charge in [-0.3, -0.25) is 9.59 Å². The Labute approximate surface area is 169 Å². The van der Waals surface area contributed by atoms with Crippen molar-refractivity contribution in [1.82, 2.24) is 0 Å². The molecule has 0 saturated heterocycles. The molecule has 5 heteroatoms. The predicted octanol–water partition coefficient (Wildman–Crippen LogP) is 5.10. The van der Waals surface area contributed by atoms with Gasteiger partial charge in [0.1, 0.15) is 5.76 Å². The van der Waals surface area contributed by atoms with Gasteiger partial charge in [-0.2, -0.15) is 0 Å². The van der Waals surface area contributed by atoms with Crippen molar-refractivity contribution in [3.05, 3.63) is 47.2 Å². The molecule has 1 aromatic heterocycles. The molecule has 4 bridgehead atoms. The summed E-state index contributed by atoms with van der Waals surface area (Å²) in [4.78, 5) is 25.0. The molecular weight excluding hydrogens is 374 g/mol. The number of rotatable bonds is 5. The molecule has 4 fully saturated rings. The summed E-state index contributed by atoms with van der Waals surface area (Å²) in [5, 5.41) is 0.669. The van der Waals surface area contributed by atoms with E-state index in [0.29, 0.717) is 46.6 Å². The first kappa shape index (κ1) is 18.0. The lowest BCUT2D eigenvalue weighted by molar-refractivity contribution is -0.149. The number of amides is 1. The molecule has 1 heterocycles. The lowest BCUT2D eigenvalue weighted by Crippen LogP contribution is -2.56. The summed E-state index contributed by atoms with van der Waals surface area (Å²) in [5.74, 6) is 2.86. The summed E-state index contributed by atoms with van der Waals surface area (Å²) in [6.45, 7) is 0. The molecule has 4 aliphatic rings. The molecule has 4 saturated carbocycles. The highest BCUT2D eigenvalue weighted by molar-refractivity contribution is 6.30. The Morgan fingerprint density at radius 3 is 2.36 bits per heavy atom. The van der Waals surface area contributed by atoms with Crippen molar-refractivity contribution in [3.8, 4) is 11.3 Å². The van der Waals surface area contributed by atoms with Crippen LogP contribution in [0.25, 0.3) is 11.3 Å². The van der Waals surface area contributed by atoms with Gasteiger partial charge in [0.25, 0.3) is 0 Å². The first-order valence-corrected chi connectivity index (χ1v) is 10.5. The van der Waals surface area contributed by atoms with Gasteiger partial charge in [0.2, 0.25) is 5.91 Å². The second-order valence-corrected chi connectivity index (χ2v) is 9.51. The van der Waals surface area contributed by atoms with Crippen LogP contribution in [0.5, 0.6) is 0 Å². The van der Waals surface area contributed by atoms with E-state index in [1.54, 1.807) is 6.07 Å². The number of carbonyl (C=O) groups is 2. The Morgan fingerprint density at radius 1 is 1.04 bits per heavy atom. The highest BCUT2D eigenvalue weighted by Crippen LogP contribution is 2.62. The summed E-state index contributed by atoms with van der Waals surface area (Å²) in [6, 6.07) is 11.0. The van der Waals surface area contributed by atoms with Gasteiger partial charge in [-0.1, -0.05) is 11.6 Å². The molecule has 28 heavy (non-hydrogen) atoms. The minimum atomic E-state index is -0.303. The molecular formula is C23H24ClNO3.